The first-order valence-electron chi connectivity index (χ1n) is 4.54. The van der Waals surface area contributed by atoms with E-state index in [0.717, 1.165) is 0 Å². The van der Waals surface area contributed by atoms with Gasteiger partial charge in [-0.25, -0.2) is 9.78 Å². The van der Waals surface area contributed by atoms with Crippen LogP contribution in [0.5, 0.6) is 0 Å². The first kappa shape index (κ1) is 11.4. The monoisotopic (exact) mass is 210 g/mol. The average molecular weight is 210 g/mol. The third-order valence-corrected chi connectivity index (χ3v) is 2.15. The molecule has 0 saturated carbocycles. The molecule has 82 valence electrons. The third kappa shape index (κ3) is 1.91. The van der Waals surface area contributed by atoms with Crippen LogP contribution in [0.1, 0.15) is 47.6 Å². The number of aromatic carboxylic acids is 1. The highest BCUT2D eigenvalue weighted by molar-refractivity contribution is 5.88. The fourth-order valence-electron chi connectivity index (χ4n) is 1.63. The Morgan fingerprint density at radius 2 is 2.00 bits per heavy atom. The van der Waals surface area contributed by atoms with Crippen LogP contribution in [0.15, 0.2) is 0 Å². The molecule has 0 aromatic carbocycles. The zero-order valence-electron chi connectivity index (χ0n) is 9.24. The quantitative estimate of drug-likeness (QED) is 0.745. The van der Waals surface area contributed by atoms with E-state index in [9.17, 15) is 9.59 Å². The van der Waals surface area contributed by atoms with Gasteiger partial charge in [0.25, 0.3) is 0 Å². The summed E-state index contributed by atoms with van der Waals surface area (Å²) in [5, 5.41) is 8.97. The van der Waals surface area contributed by atoms with Gasteiger partial charge in [0.2, 0.25) is 0 Å². The molecule has 1 aromatic rings. The van der Waals surface area contributed by atoms with Crippen molar-refractivity contribution in [3.63, 3.8) is 0 Å². The highest BCUT2D eigenvalue weighted by atomic mass is 16.4. The van der Waals surface area contributed by atoms with Crippen molar-refractivity contribution in [1.82, 2.24) is 9.55 Å². The lowest BCUT2D eigenvalue weighted by Gasteiger charge is -2.20. The Labute approximate surface area is 87.7 Å². The summed E-state index contributed by atoms with van der Waals surface area (Å²) in [6.07, 6.45) is 0.557. The number of carboxylic acid groups (broad SMARTS) is 1. The lowest BCUT2D eigenvalue weighted by Crippen LogP contribution is -2.20. The number of imidazole rings is 1. The van der Waals surface area contributed by atoms with Gasteiger partial charge < -0.3 is 9.67 Å². The molecule has 0 fully saturated rings. The molecule has 15 heavy (non-hydrogen) atoms. The molecule has 0 radical (unpaired) electrons. The van der Waals surface area contributed by atoms with Gasteiger partial charge in [-0.3, -0.25) is 4.79 Å². The fourth-order valence-corrected chi connectivity index (χ4v) is 1.63. The summed E-state index contributed by atoms with van der Waals surface area (Å²) in [5.41, 5.74) is 0.140. The maximum atomic E-state index is 11.0. The predicted molar refractivity (Wildman–Crippen MR) is 54.3 cm³/mol. The van der Waals surface area contributed by atoms with E-state index < -0.39 is 5.97 Å². The van der Waals surface area contributed by atoms with E-state index in [-0.39, 0.29) is 16.9 Å². The number of carbonyl (C=O) groups is 2. The van der Waals surface area contributed by atoms with Crippen molar-refractivity contribution in [2.45, 2.75) is 26.2 Å². The van der Waals surface area contributed by atoms with Gasteiger partial charge in [0.1, 0.15) is 0 Å². The third-order valence-electron chi connectivity index (χ3n) is 2.15. The van der Waals surface area contributed by atoms with Crippen molar-refractivity contribution in [3.8, 4) is 0 Å². The van der Waals surface area contributed by atoms with Crippen LogP contribution in [-0.4, -0.2) is 26.9 Å². The normalized spacial score (nSPS) is 11.5. The zero-order chi connectivity index (χ0) is 11.8. The second kappa shape index (κ2) is 3.49. The number of hydrogen-bond donors (Lipinski definition) is 1. The highest BCUT2D eigenvalue weighted by Gasteiger charge is 2.28. The van der Waals surface area contributed by atoms with Crippen molar-refractivity contribution < 1.29 is 14.7 Å². The van der Waals surface area contributed by atoms with Crippen LogP contribution < -0.4 is 0 Å². The molecule has 5 nitrogen and oxygen atoms in total. The van der Waals surface area contributed by atoms with Gasteiger partial charge in [0, 0.05) is 12.5 Å². The summed E-state index contributed by atoms with van der Waals surface area (Å²) >= 11 is 0. The summed E-state index contributed by atoms with van der Waals surface area (Å²) < 4.78 is 1.52. The largest absolute Gasteiger partial charge is 0.476 e. The second-order valence-corrected chi connectivity index (χ2v) is 4.40. The number of carboxylic acids is 1. The Hall–Kier alpha value is -1.65. The van der Waals surface area contributed by atoms with Crippen LogP contribution >= 0.6 is 0 Å². The van der Waals surface area contributed by atoms with Gasteiger partial charge in [0.15, 0.2) is 17.8 Å². The van der Waals surface area contributed by atoms with Gasteiger partial charge in [-0.2, -0.15) is 0 Å². The van der Waals surface area contributed by atoms with Crippen LogP contribution in [0.3, 0.4) is 0 Å². The minimum atomic E-state index is -1.11. The second-order valence-electron chi connectivity index (χ2n) is 4.40. The maximum absolute atomic E-state index is 11.0. The molecule has 0 aliphatic carbocycles. The van der Waals surface area contributed by atoms with Crippen LogP contribution in [0.25, 0.3) is 0 Å². The summed E-state index contributed by atoms with van der Waals surface area (Å²) in [5.74, 6) is -0.971. The zero-order valence-corrected chi connectivity index (χ0v) is 9.24. The Morgan fingerprint density at radius 1 is 1.47 bits per heavy atom. The SMILES string of the molecule is Cn1c(C=O)nc(C(=O)O)c1C(C)(C)C. The first-order chi connectivity index (χ1) is 6.79. The lowest BCUT2D eigenvalue weighted by molar-refractivity contribution is 0.0688. The van der Waals surface area contributed by atoms with Crippen LogP contribution in [0, 0.1) is 0 Å². The molecule has 1 rings (SSSR count). The molecular weight excluding hydrogens is 196 g/mol. The molecule has 0 aliphatic rings. The van der Waals surface area contributed by atoms with E-state index in [4.69, 9.17) is 5.11 Å². The van der Waals surface area contributed by atoms with E-state index >= 15 is 0 Å². The number of aromatic nitrogens is 2. The van der Waals surface area contributed by atoms with Crippen LogP contribution in [0.4, 0.5) is 0 Å². The molecule has 1 N–H and O–H groups in total. The number of carbonyl (C=O) groups excluding carboxylic acids is 1. The van der Waals surface area contributed by atoms with Crippen molar-refractivity contribution in [2.75, 3.05) is 0 Å². The molecule has 1 heterocycles. The molecule has 0 aliphatic heterocycles. The van der Waals surface area contributed by atoms with Gasteiger partial charge in [-0.05, 0) is 0 Å². The molecule has 0 spiro atoms. The summed E-state index contributed by atoms with van der Waals surface area (Å²) in [6.45, 7) is 5.64. The maximum Gasteiger partial charge on any atom is 0.356 e. The Bertz CT molecular complexity index is 413. The minimum absolute atomic E-state index is 0.0490. The summed E-state index contributed by atoms with van der Waals surface area (Å²) in [6, 6.07) is 0. The highest BCUT2D eigenvalue weighted by Crippen LogP contribution is 2.25. The predicted octanol–water partition coefficient (Wildman–Crippen LogP) is 1.23. The Balaban J connectivity index is 3.53. The van der Waals surface area contributed by atoms with E-state index in [2.05, 4.69) is 4.98 Å². The Morgan fingerprint density at radius 3 is 2.27 bits per heavy atom. The smallest absolute Gasteiger partial charge is 0.356 e. The molecule has 0 amide bonds. The van der Waals surface area contributed by atoms with Crippen LogP contribution in [0.2, 0.25) is 0 Å². The number of rotatable bonds is 2. The van der Waals surface area contributed by atoms with E-state index in [1.165, 1.54) is 4.57 Å². The van der Waals surface area contributed by atoms with E-state index in [0.29, 0.717) is 12.0 Å². The van der Waals surface area contributed by atoms with Gasteiger partial charge in [-0.15, -0.1) is 0 Å². The minimum Gasteiger partial charge on any atom is -0.476 e. The van der Waals surface area contributed by atoms with Crippen molar-refractivity contribution in [1.29, 1.82) is 0 Å². The average Bonchev–Trinajstić information content (AvgIpc) is 2.41. The molecule has 0 saturated heterocycles. The first-order valence-corrected chi connectivity index (χ1v) is 4.54. The van der Waals surface area contributed by atoms with Gasteiger partial charge in [0.05, 0.1) is 5.69 Å². The summed E-state index contributed by atoms with van der Waals surface area (Å²) in [4.78, 5) is 25.4. The van der Waals surface area contributed by atoms with E-state index in [1.807, 2.05) is 20.8 Å². The van der Waals surface area contributed by atoms with Crippen LogP contribution in [-0.2, 0) is 12.5 Å². The lowest BCUT2D eigenvalue weighted by atomic mass is 9.90. The van der Waals surface area contributed by atoms with E-state index in [1.54, 1.807) is 7.05 Å². The molecule has 0 bridgehead atoms. The molecule has 1 aromatic heterocycles. The number of aldehydes is 1. The number of hydrogen-bond acceptors (Lipinski definition) is 3. The Kier molecular flexibility index (Phi) is 2.66. The molecule has 0 atom stereocenters. The van der Waals surface area contributed by atoms with Crippen molar-refractivity contribution in [2.24, 2.45) is 7.05 Å². The summed E-state index contributed by atoms with van der Waals surface area (Å²) in [7, 11) is 1.64. The van der Waals surface area contributed by atoms with Gasteiger partial charge >= 0.3 is 5.97 Å². The van der Waals surface area contributed by atoms with Crippen molar-refractivity contribution >= 4 is 12.3 Å². The number of nitrogens with zero attached hydrogens (tertiary/aromatic N) is 2. The topological polar surface area (TPSA) is 72.2 Å². The van der Waals surface area contributed by atoms with Crippen molar-refractivity contribution in [3.05, 3.63) is 17.2 Å². The molecular formula is C10H14N2O3. The fraction of sp³-hybridized carbons (Fsp3) is 0.500. The molecule has 5 heteroatoms. The standard InChI is InChI=1S/C10H14N2O3/c1-10(2,3)8-7(9(14)15)11-6(5-13)12(8)4/h5H,1-4H3,(H,14,15). The molecule has 0 unspecified atom stereocenters. The van der Waals surface area contributed by atoms with Gasteiger partial charge in [-0.1, -0.05) is 20.8 Å².